The van der Waals surface area contributed by atoms with Crippen LogP contribution in [-0.2, 0) is 24.7 Å². The number of para-hydroxylation sites is 1. The number of hydrogen-bond donors (Lipinski definition) is 3. The third-order valence-corrected chi connectivity index (χ3v) is 13.1. The normalized spacial score (nSPS) is 26.3. The average Bonchev–Trinajstić information content (AvgIpc) is 3.27. The molecule has 3 unspecified atom stereocenters. The van der Waals surface area contributed by atoms with Gasteiger partial charge in [0, 0.05) is 42.9 Å². The number of benzene rings is 1. The highest BCUT2D eigenvalue weighted by Crippen LogP contribution is 2.66. The molecule has 0 aromatic heterocycles. The highest BCUT2D eigenvalue weighted by Gasteiger charge is 2.66. The van der Waals surface area contributed by atoms with Crippen molar-refractivity contribution in [3.63, 3.8) is 0 Å². The fourth-order valence-electron chi connectivity index (χ4n) is 7.78. The molecule has 2 fully saturated rings. The number of sulfone groups is 1. The monoisotopic (exact) mass is 666 g/mol. The predicted molar refractivity (Wildman–Crippen MR) is 175 cm³/mol. The zero-order valence-electron chi connectivity index (χ0n) is 27.4. The molecule has 6 atom stereocenters. The molecule has 1 heterocycles. The number of anilines is 1. The van der Waals surface area contributed by atoms with Crippen LogP contribution in [0.2, 0.25) is 0 Å². The maximum Gasteiger partial charge on any atom is 0.242 e. The first-order valence-corrected chi connectivity index (χ1v) is 19.5. The lowest BCUT2D eigenvalue weighted by Crippen LogP contribution is -2.58. The van der Waals surface area contributed by atoms with Crippen LogP contribution in [0.15, 0.2) is 24.3 Å². The molecule has 1 amide bonds. The van der Waals surface area contributed by atoms with Crippen molar-refractivity contribution in [3.05, 3.63) is 29.8 Å². The number of aryl methyl sites for hydroxylation is 1. The summed E-state index contributed by atoms with van der Waals surface area (Å²) in [4.78, 5) is 17.5. The van der Waals surface area contributed by atoms with Gasteiger partial charge in [-0.2, -0.15) is 0 Å². The number of aliphatic hydroxyl groups is 2. The predicted octanol–water partition coefficient (Wildman–Crippen LogP) is 1.54. The minimum atomic E-state index is -3.84. The first-order valence-electron chi connectivity index (χ1n) is 15.8. The van der Waals surface area contributed by atoms with Gasteiger partial charge in [0.15, 0.2) is 0 Å². The second-order valence-electron chi connectivity index (χ2n) is 14.0. The average molecular weight is 667 g/mol. The Balaban J connectivity index is 1.59. The van der Waals surface area contributed by atoms with Crippen molar-refractivity contribution >= 4 is 31.5 Å². The van der Waals surface area contributed by atoms with Gasteiger partial charge in [0.25, 0.3) is 0 Å². The summed E-state index contributed by atoms with van der Waals surface area (Å²) in [5.74, 6) is -0.613. The summed E-state index contributed by atoms with van der Waals surface area (Å²) in [7, 11) is -7.24. The van der Waals surface area contributed by atoms with Gasteiger partial charge < -0.3 is 15.5 Å². The minimum absolute atomic E-state index is 0.0182. The Bertz CT molecular complexity index is 1510. The molecule has 1 aromatic rings. The first kappa shape index (κ1) is 35.5. The molecule has 252 valence electrons. The van der Waals surface area contributed by atoms with Crippen LogP contribution in [0, 0.1) is 35.8 Å². The van der Waals surface area contributed by atoms with Gasteiger partial charge in [0.05, 0.1) is 48.5 Å². The van der Waals surface area contributed by atoms with Crippen LogP contribution < -0.4 is 10.2 Å². The summed E-state index contributed by atoms with van der Waals surface area (Å²) < 4.78 is 53.5. The van der Waals surface area contributed by atoms with E-state index in [1.165, 1.54) is 4.31 Å². The van der Waals surface area contributed by atoms with E-state index in [2.05, 4.69) is 31.3 Å². The molecule has 2 bridgehead atoms. The maximum atomic E-state index is 14.0. The zero-order valence-corrected chi connectivity index (χ0v) is 29.0. The number of carbonyl (C=O) groups is 1. The molecule has 3 N–H and O–H groups in total. The molecule has 3 aliphatic rings. The van der Waals surface area contributed by atoms with Crippen molar-refractivity contribution in [2.24, 2.45) is 16.7 Å². The molecule has 13 heteroatoms. The first-order chi connectivity index (χ1) is 20.9. The number of hydrogen-bond acceptors (Lipinski definition) is 9. The van der Waals surface area contributed by atoms with E-state index in [0.717, 1.165) is 23.9 Å². The molecule has 2 aliphatic carbocycles. The van der Waals surface area contributed by atoms with Gasteiger partial charge in [-0.25, -0.2) is 21.1 Å². The molecule has 1 aromatic carbocycles. The number of fused-ring (bicyclic) bond motifs is 2. The standard InChI is InChI=1S/C32H50N4O7S2/c1-23-9-7-8-10-27(23)34-14-16-36(17-15-34)45(42,43)22-32-13-11-26(31(32,4)5)19-29(32)33-30(39)28(12-18-44(6,40)41)35(20-24(2)37)21-25(3)38/h7-10,24-26,28-29,37-38H,11-14,16,18-22H2,1-6H3,(H,33,39)/t24-,25-,26?,28-,29?,32?/m0/s1. The summed E-state index contributed by atoms with van der Waals surface area (Å²) in [6, 6.07) is 12.3. The smallest absolute Gasteiger partial charge is 0.242 e. The summed E-state index contributed by atoms with van der Waals surface area (Å²) >= 11 is 0. The fraction of sp³-hybridized carbons (Fsp3) is 0.719. The van der Waals surface area contributed by atoms with Gasteiger partial charge in [-0.15, -0.1) is 0 Å². The molecule has 4 rings (SSSR count). The van der Waals surface area contributed by atoms with Crippen molar-refractivity contribution in [2.45, 2.75) is 84.6 Å². The van der Waals surface area contributed by atoms with E-state index in [9.17, 15) is 31.8 Å². The van der Waals surface area contributed by atoms with Gasteiger partial charge in [0.2, 0.25) is 15.9 Å². The van der Waals surface area contributed by atoms with Gasteiger partial charge in [-0.3, -0.25) is 14.6 Å². The Morgan fingerprint density at radius 3 is 2.27 bits per heavy atom. The van der Waals surface area contributed by atoms with Crippen molar-refractivity contribution in [2.75, 3.05) is 48.8 Å². The highest BCUT2D eigenvalue weighted by molar-refractivity contribution is 7.90. The third-order valence-electron chi connectivity index (χ3n) is 10.3. The third kappa shape index (κ3) is 7.79. The number of amides is 1. The van der Waals surface area contributed by atoms with Crippen LogP contribution in [0.4, 0.5) is 5.69 Å². The molecule has 0 saturated heterocycles. The van der Waals surface area contributed by atoms with Crippen LogP contribution in [0.25, 0.3) is 0 Å². The Hall–Kier alpha value is -2.37. The lowest BCUT2D eigenvalue weighted by Gasteiger charge is -2.44. The number of rotatable bonds is 14. The quantitative estimate of drug-likeness (QED) is 0.252. The number of carbonyl (C=O) groups excluding carboxylic acids is 1. The van der Waals surface area contributed by atoms with Crippen LogP contribution in [0.5, 0.6) is 0 Å². The van der Waals surface area contributed by atoms with Gasteiger partial charge >= 0.3 is 0 Å². The summed E-state index contributed by atoms with van der Waals surface area (Å²) in [6.45, 7) is 10.1. The zero-order chi connectivity index (χ0) is 33.4. The molecular formula is C32H50N4O7S2. The van der Waals surface area contributed by atoms with Crippen LogP contribution in [0.1, 0.15) is 58.9 Å². The minimum Gasteiger partial charge on any atom is -0.392 e. The molecule has 11 nitrogen and oxygen atoms in total. The van der Waals surface area contributed by atoms with E-state index in [1.54, 1.807) is 18.7 Å². The largest absolute Gasteiger partial charge is 0.392 e. The van der Waals surface area contributed by atoms with Crippen molar-refractivity contribution in [1.29, 1.82) is 0 Å². The number of nitrogens with one attached hydrogen (secondary N) is 1. The fourth-order valence-corrected chi connectivity index (χ4v) is 10.5. The Labute approximate surface area is 269 Å². The molecule has 0 spiro atoms. The maximum absolute atomic E-state index is 14.0. The van der Waals surface area contributed by atoms with E-state index >= 15 is 0 Å². The van der Waals surface area contributed by atoms with Gasteiger partial charge in [-0.05, 0) is 69.4 Å². The second-order valence-corrected chi connectivity index (χ2v) is 18.1. The van der Waals surface area contributed by atoms with E-state index < -0.39 is 55.5 Å². The number of aliphatic hydroxyl groups excluding tert-OH is 2. The van der Waals surface area contributed by atoms with Crippen molar-refractivity contribution in [3.8, 4) is 12.1 Å². The molecule has 2 saturated carbocycles. The SMILES string of the molecule is Cc1ccccc1N1C#CN(S(=O)(=O)CC23CCC(CC2NC(=O)[C@H](CCS(C)(=O)=O)N(C[C@H](C)O)C[C@H](C)O)C3(C)C)CC1. The summed E-state index contributed by atoms with van der Waals surface area (Å²) in [5.41, 5.74) is 0.877. The van der Waals surface area contributed by atoms with Crippen LogP contribution in [0.3, 0.4) is 0 Å². The topological polar surface area (TPSA) is 148 Å². The second kappa shape index (κ2) is 13.4. The Morgan fingerprint density at radius 2 is 1.73 bits per heavy atom. The van der Waals surface area contributed by atoms with Crippen LogP contribution in [-0.4, -0.2) is 110 Å². The molecule has 0 radical (unpaired) electrons. The van der Waals surface area contributed by atoms with E-state index in [0.29, 0.717) is 19.4 Å². The highest BCUT2D eigenvalue weighted by atomic mass is 32.2. The molecule has 1 aliphatic heterocycles. The van der Waals surface area contributed by atoms with Crippen LogP contribution >= 0.6 is 0 Å². The Morgan fingerprint density at radius 1 is 1.09 bits per heavy atom. The van der Waals surface area contributed by atoms with E-state index in [1.807, 2.05) is 36.1 Å². The van der Waals surface area contributed by atoms with Crippen molar-refractivity contribution < 1.29 is 31.8 Å². The summed E-state index contributed by atoms with van der Waals surface area (Å²) in [5, 5.41) is 23.5. The number of sulfonamides is 1. The van der Waals surface area contributed by atoms with E-state index in [4.69, 9.17) is 0 Å². The van der Waals surface area contributed by atoms with Gasteiger partial charge in [0.1, 0.15) is 9.84 Å². The Kier molecular flexibility index (Phi) is 10.6. The molecular weight excluding hydrogens is 617 g/mol. The lowest BCUT2D eigenvalue weighted by atomic mass is 9.69. The summed E-state index contributed by atoms with van der Waals surface area (Å²) in [6.07, 6.45) is 1.56. The number of nitrogens with zero attached hydrogens (tertiary/aromatic N) is 3. The molecule has 45 heavy (non-hydrogen) atoms. The van der Waals surface area contributed by atoms with Gasteiger partial charge in [-0.1, -0.05) is 32.0 Å². The van der Waals surface area contributed by atoms with E-state index in [-0.39, 0.29) is 48.9 Å². The lowest BCUT2D eigenvalue weighted by molar-refractivity contribution is -0.129. The van der Waals surface area contributed by atoms with Crippen molar-refractivity contribution in [1.82, 2.24) is 14.5 Å².